The molecule has 104 valence electrons. The molecule has 1 unspecified atom stereocenters. The van der Waals surface area contributed by atoms with Crippen molar-refractivity contribution in [3.8, 4) is 0 Å². The van der Waals surface area contributed by atoms with E-state index in [2.05, 4.69) is 4.98 Å². The van der Waals surface area contributed by atoms with Crippen molar-refractivity contribution in [3.63, 3.8) is 0 Å². The van der Waals surface area contributed by atoms with Crippen LogP contribution in [-0.2, 0) is 0 Å². The molecule has 0 aliphatic carbocycles. The second-order valence-electron chi connectivity index (χ2n) is 4.63. The summed E-state index contributed by atoms with van der Waals surface area (Å²) in [5, 5.41) is 11.4. The van der Waals surface area contributed by atoms with Gasteiger partial charge in [-0.25, -0.2) is 10.1 Å². The van der Waals surface area contributed by atoms with Crippen LogP contribution in [-0.4, -0.2) is 28.6 Å². The first kappa shape index (κ1) is 14.0. The highest BCUT2D eigenvalue weighted by atomic mass is 16.7. The van der Waals surface area contributed by atoms with E-state index in [9.17, 15) is 10.1 Å². The Kier molecular flexibility index (Phi) is 4.65. The zero-order valence-corrected chi connectivity index (χ0v) is 11.3. The quantitative estimate of drug-likeness (QED) is 0.598. The lowest BCUT2D eigenvalue weighted by Crippen LogP contribution is -2.27. The molecule has 0 bridgehead atoms. The number of hydrogen-bond donors (Lipinski definition) is 0. The summed E-state index contributed by atoms with van der Waals surface area (Å²) in [6.45, 7) is 0.378. The largest absolute Gasteiger partial charge is 0.261 e. The molecular formula is C15H17N3O2. The van der Waals surface area contributed by atoms with Crippen molar-refractivity contribution in [2.24, 2.45) is 0 Å². The summed E-state index contributed by atoms with van der Waals surface area (Å²) < 4.78 is 0. The maximum atomic E-state index is 10.7. The van der Waals surface area contributed by atoms with Gasteiger partial charge in [0, 0.05) is 17.8 Å². The van der Waals surface area contributed by atoms with E-state index < -0.39 is 0 Å². The second kappa shape index (κ2) is 6.65. The Morgan fingerprint density at radius 3 is 2.50 bits per heavy atom. The average Bonchev–Trinajstić information content (AvgIpc) is 2.49. The minimum Gasteiger partial charge on any atom is -0.261 e. The number of hydrazine groups is 1. The molecule has 0 aliphatic rings. The number of aromatic nitrogens is 1. The molecule has 2 aromatic rings. The van der Waals surface area contributed by atoms with Crippen LogP contribution in [0.5, 0.6) is 0 Å². The van der Waals surface area contributed by atoms with Crippen LogP contribution < -0.4 is 0 Å². The molecule has 5 heteroatoms. The van der Waals surface area contributed by atoms with Crippen LogP contribution in [0, 0.1) is 10.1 Å². The summed E-state index contributed by atoms with van der Waals surface area (Å²) in [6, 6.07) is 15.7. The van der Waals surface area contributed by atoms with Crippen molar-refractivity contribution in [1.82, 2.24) is 9.99 Å². The molecule has 1 aromatic carbocycles. The summed E-state index contributed by atoms with van der Waals surface area (Å²) in [6.07, 6.45) is 2.40. The molecule has 0 saturated heterocycles. The Hall–Kier alpha value is -2.43. The number of benzene rings is 1. The van der Waals surface area contributed by atoms with Gasteiger partial charge in [-0.3, -0.25) is 4.98 Å². The predicted molar refractivity (Wildman–Crippen MR) is 76.8 cm³/mol. The Labute approximate surface area is 118 Å². The van der Waals surface area contributed by atoms with Gasteiger partial charge in [0.15, 0.2) is 5.03 Å². The molecule has 0 fully saturated rings. The third kappa shape index (κ3) is 3.54. The van der Waals surface area contributed by atoms with Gasteiger partial charge in [-0.1, -0.05) is 36.4 Å². The lowest BCUT2D eigenvalue weighted by atomic mass is 9.92. The van der Waals surface area contributed by atoms with E-state index in [1.165, 1.54) is 7.05 Å². The molecule has 0 amide bonds. The standard InChI is InChI=1S/C15H17N3O2/c1-17(18(19)20)12-10-14(13-7-3-2-4-8-13)15-9-5-6-11-16-15/h2-9,11,14H,10,12H2,1H3. The minimum absolute atomic E-state index is 0.0693. The Balaban J connectivity index is 2.19. The van der Waals surface area contributed by atoms with Gasteiger partial charge >= 0.3 is 0 Å². The first-order chi connectivity index (χ1) is 9.68. The second-order valence-corrected chi connectivity index (χ2v) is 4.63. The first-order valence-corrected chi connectivity index (χ1v) is 6.50. The molecule has 1 aromatic heterocycles. The first-order valence-electron chi connectivity index (χ1n) is 6.50. The van der Waals surface area contributed by atoms with E-state index in [1.54, 1.807) is 6.20 Å². The van der Waals surface area contributed by atoms with Gasteiger partial charge in [0.2, 0.25) is 0 Å². The molecule has 2 rings (SSSR count). The van der Waals surface area contributed by atoms with E-state index in [0.29, 0.717) is 13.0 Å². The van der Waals surface area contributed by atoms with Gasteiger partial charge in [-0.05, 0) is 24.1 Å². The molecule has 0 aliphatic heterocycles. The zero-order valence-electron chi connectivity index (χ0n) is 11.3. The fourth-order valence-corrected chi connectivity index (χ4v) is 2.15. The van der Waals surface area contributed by atoms with E-state index >= 15 is 0 Å². The van der Waals surface area contributed by atoms with Crippen LogP contribution in [0.1, 0.15) is 23.6 Å². The smallest absolute Gasteiger partial charge is 0.159 e. The highest BCUT2D eigenvalue weighted by Crippen LogP contribution is 2.26. The van der Waals surface area contributed by atoms with Crippen molar-refractivity contribution in [3.05, 3.63) is 76.1 Å². The summed E-state index contributed by atoms with van der Waals surface area (Å²) in [7, 11) is 1.49. The van der Waals surface area contributed by atoms with Crippen LogP contribution >= 0.6 is 0 Å². The van der Waals surface area contributed by atoms with Gasteiger partial charge in [0.25, 0.3) is 0 Å². The monoisotopic (exact) mass is 271 g/mol. The average molecular weight is 271 g/mol. The van der Waals surface area contributed by atoms with Gasteiger partial charge in [-0.2, -0.15) is 0 Å². The third-order valence-electron chi connectivity index (χ3n) is 3.27. The van der Waals surface area contributed by atoms with E-state index in [-0.39, 0.29) is 11.0 Å². The maximum absolute atomic E-state index is 10.7. The van der Waals surface area contributed by atoms with Gasteiger partial charge in [0.1, 0.15) is 0 Å². The van der Waals surface area contributed by atoms with E-state index in [4.69, 9.17) is 0 Å². The molecule has 20 heavy (non-hydrogen) atoms. The van der Waals surface area contributed by atoms with Gasteiger partial charge in [0.05, 0.1) is 13.6 Å². The van der Waals surface area contributed by atoms with Crippen LogP contribution in [0.2, 0.25) is 0 Å². The number of rotatable bonds is 6. The highest BCUT2D eigenvalue weighted by Gasteiger charge is 2.18. The van der Waals surface area contributed by atoms with Gasteiger partial charge < -0.3 is 0 Å². The predicted octanol–water partition coefficient (Wildman–Crippen LogP) is 2.73. The minimum atomic E-state index is -0.388. The normalized spacial score (nSPS) is 11.8. The topological polar surface area (TPSA) is 59.3 Å². The molecular weight excluding hydrogens is 254 g/mol. The number of hydrogen-bond acceptors (Lipinski definition) is 3. The van der Waals surface area contributed by atoms with Gasteiger partial charge in [-0.15, -0.1) is 5.01 Å². The molecule has 0 saturated carbocycles. The molecule has 5 nitrogen and oxygen atoms in total. The lowest BCUT2D eigenvalue weighted by Gasteiger charge is -2.18. The van der Waals surface area contributed by atoms with Crippen molar-refractivity contribution in [2.75, 3.05) is 13.6 Å². The lowest BCUT2D eigenvalue weighted by molar-refractivity contribution is -0.648. The Bertz CT molecular complexity index is 506. The van der Waals surface area contributed by atoms with Crippen molar-refractivity contribution < 1.29 is 5.03 Å². The Morgan fingerprint density at radius 2 is 1.90 bits per heavy atom. The van der Waals surface area contributed by atoms with Crippen LogP contribution in [0.3, 0.4) is 0 Å². The van der Waals surface area contributed by atoms with Crippen molar-refractivity contribution in [1.29, 1.82) is 0 Å². The number of nitro groups is 1. The van der Waals surface area contributed by atoms with Crippen LogP contribution in [0.25, 0.3) is 0 Å². The fourth-order valence-electron chi connectivity index (χ4n) is 2.15. The summed E-state index contributed by atoms with van der Waals surface area (Å²) in [5.41, 5.74) is 2.07. The van der Waals surface area contributed by atoms with E-state index in [1.807, 2.05) is 48.5 Å². The van der Waals surface area contributed by atoms with Crippen molar-refractivity contribution in [2.45, 2.75) is 12.3 Å². The van der Waals surface area contributed by atoms with Crippen LogP contribution in [0.4, 0.5) is 0 Å². The maximum Gasteiger partial charge on any atom is 0.159 e. The van der Waals surface area contributed by atoms with Crippen molar-refractivity contribution >= 4 is 0 Å². The fraction of sp³-hybridized carbons (Fsp3) is 0.267. The SMILES string of the molecule is CN(CCC(c1ccccc1)c1ccccn1)[N+](=O)[O-]. The zero-order chi connectivity index (χ0) is 14.4. The third-order valence-corrected chi connectivity index (χ3v) is 3.27. The molecule has 0 radical (unpaired) electrons. The number of nitrogens with zero attached hydrogens (tertiary/aromatic N) is 3. The van der Waals surface area contributed by atoms with E-state index in [0.717, 1.165) is 16.3 Å². The summed E-state index contributed by atoms with van der Waals surface area (Å²) in [5.74, 6) is 0.0693. The molecule has 1 atom stereocenters. The van der Waals surface area contributed by atoms with Crippen LogP contribution in [0.15, 0.2) is 54.7 Å². The highest BCUT2D eigenvalue weighted by molar-refractivity contribution is 5.28. The summed E-state index contributed by atoms with van der Waals surface area (Å²) >= 11 is 0. The molecule has 0 spiro atoms. The number of pyridine rings is 1. The molecule has 1 heterocycles. The molecule has 0 N–H and O–H groups in total. The Morgan fingerprint density at radius 1 is 1.20 bits per heavy atom. The summed E-state index contributed by atoms with van der Waals surface area (Å²) in [4.78, 5) is 15.1.